The van der Waals surface area contributed by atoms with Gasteiger partial charge in [-0.05, 0) is 0 Å². The number of ether oxygens (including phenoxy) is 1. The van der Waals surface area contributed by atoms with Crippen LogP contribution in [0.15, 0.2) is 0 Å². The van der Waals surface area contributed by atoms with E-state index in [1.807, 2.05) is 4.90 Å². The predicted molar refractivity (Wildman–Crippen MR) is 54.3 cm³/mol. The average molecular weight is 236 g/mol. The minimum atomic E-state index is -2.53. The van der Waals surface area contributed by atoms with Crippen molar-refractivity contribution in [3.63, 3.8) is 0 Å². The van der Waals surface area contributed by atoms with E-state index >= 15 is 0 Å². The Labute approximate surface area is 93.4 Å². The molecule has 0 aromatic carbocycles. The number of halogens is 2. The molecule has 3 atom stereocenters. The van der Waals surface area contributed by atoms with E-state index < -0.39 is 12.0 Å². The van der Waals surface area contributed by atoms with Gasteiger partial charge < -0.3 is 20.5 Å². The summed E-state index contributed by atoms with van der Waals surface area (Å²) in [6.07, 6.45) is -1.23. The molecule has 2 aliphatic rings. The van der Waals surface area contributed by atoms with Gasteiger partial charge in [0, 0.05) is 32.5 Å². The van der Waals surface area contributed by atoms with Crippen LogP contribution in [0, 0.1) is 0 Å². The molecule has 94 valence electrons. The van der Waals surface area contributed by atoms with Gasteiger partial charge in [-0.2, -0.15) is 0 Å². The first kappa shape index (κ1) is 12.2. The van der Waals surface area contributed by atoms with E-state index in [1.165, 1.54) is 0 Å². The topological polar surface area (TPSA) is 58.7 Å². The van der Waals surface area contributed by atoms with Crippen molar-refractivity contribution in [1.29, 1.82) is 0 Å². The highest BCUT2D eigenvalue weighted by Crippen LogP contribution is 2.28. The molecular weight excluding hydrogens is 218 g/mol. The van der Waals surface area contributed by atoms with E-state index in [-0.39, 0.29) is 25.0 Å². The van der Waals surface area contributed by atoms with Crippen LogP contribution >= 0.6 is 0 Å². The zero-order chi connectivity index (χ0) is 11.8. The molecule has 0 amide bonds. The minimum Gasteiger partial charge on any atom is -0.389 e. The van der Waals surface area contributed by atoms with Crippen LogP contribution in [0.5, 0.6) is 0 Å². The number of likely N-dealkylation sites (tertiary alicyclic amines) is 1. The Bertz CT molecular complexity index is 243. The predicted octanol–water partition coefficient (Wildman–Crippen LogP) is -0.196. The zero-order valence-corrected chi connectivity index (χ0v) is 9.11. The number of hydrogen-bond acceptors (Lipinski definition) is 4. The maximum Gasteiger partial charge on any atom is 0.250 e. The number of piperidine rings is 1. The van der Waals surface area contributed by atoms with E-state index in [1.54, 1.807) is 0 Å². The Morgan fingerprint density at radius 1 is 1.38 bits per heavy atom. The highest BCUT2D eigenvalue weighted by Gasteiger charge is 2.38. The number of hydrogen-bond donors (Lipinski definition) is 2. The maximum absolute atomic E-state index is 12.9. The van der Waals surface area contributed by atoms with Gasteiger partial charge in [0.15, 0.2) is 0 Å². The van der Waals surface area contributed by atoms with Crippen LogP contribution in [0.4, 0.5) is 8.78 Å². The summed E-state index contributed by atoms with van der Waals surface area (Å²) in [4.78, 5) is 1.91. The van der Waals surface area contributed by atoms with Gasteiger partial charge in [0.25, 0.3) is 5.92 Å². The number of nitrogens with two attached hydrogens (primary N) is 1. The molecule has 16 heavy (non-hydrogen) atoms. The normalized spacial score (nSPS) is 40.1. The Hall–Kier alpha value is -0.300. The lowest BCUT2D eigenvalue weighted by Gasteiger charge is -2.33. The number of aliphatic hydroxyl groups is 1. The van der Waals surface area contributed by atoms with Gasteiger partial charge in [-0.15, -0.1) is 0 Å². The molecule has 0 aliphatic carbocycles. The first-order valence-corrected chi connectivity index (χ1v) is 5.63. The summed E-state index contributed by atoms with van der Waals surface area (Å²) in [5.74, 6) is -2.53. The molecule has 2 fully saturated rings. The summed E-state index contributed by atoms with van der Waals surface area (Å²) >= 11 is 0. The Balaban J connectivity index is 1.79. The van der Waals surface area contributed by atoms with Crippen molar-refractivity contribution in [3.05, 3.63) is 0 Å². The summed E-state index contributed by atoms with van der Waals surface area (Å²) in [7, 11) is 0. The van der Waals surface area contributed by atoms with Gasteiger partial charge in [-0.3, -0.25) is 0 Å². The second-order valence-corrected chi connectivity index (χ2v) is 4.68. The first-order chi connectivity index (χ1) is 7.48. The maximum atomic E-state index is 12.9. The molecule has 4 nitrogen and oxygen atoms in total. The van der Waals surface area contributed by atoms with Gasteiger partial charge >= 0.3 is 0 Å². The van der Waals surface area contributed by atoms with Crippen LogP contribution in [0.25, 0.3) is 0 Å². The lowest BCUT2D eigenvalue weighted by Crippen LogP contribution is -2.46. The SMILES string of the molecule is N[C@H]1CO[C@@H](CN2CCC(F)(F)CC2)[C@@H]1O. The summed E-state index contributed by atoms with van der Waals surface area (Å²) in [5.41, 5.74) is 5.60. The van der Waals surface area contributed by atoms with Crippen molar-refractivity contribution in [2.24, 2.45) is 5.73 Å². The van der Waals surface area contributed by atoms with Crippen LogP contribution in [0.1, 0.15) is 12.8 Å². The molecule has 0 unspecified atom stereocenters. The fourth-order valence-corrected chi connectivity index (χ4v) is 2.19. The van der Waals surface area contributed by atoms with Gasteiger partial charge in [0.1, 0.15) is 0 Å². The van der Waals surface area contributed by atoms with Crippen LogP contribution in [-0.2, 0) is 4.74 Å². The van der Waals surface area contributed by atoms with Crippen molar-refractivity contribution in [2.75, 3.05) is 26.2 Å². The lowest BCUT2D eigenvalue weighted by atomic mass is 10.0. The largest absolute Gasteiger partial charge is 0.389 e. The molecular formula is C10H18F2N2O2. The zero-order valence-electron chi connectivity index (χ0n) is 9.11. The van der Waals surface area contributed by atoms with Crippen molar-refractivity contribution in [2.45, 2.75) is 37.0 Å². The molecule has 2 rings (SSSR count). The van der Waals surface area contributed by atoms with E-state index in [0.29, 0.717) is 26.2 Å². The van der Waals surface area contributed by atoms with Gasteiger partial charge in [0.05, 0.1) is 24.9 Å². The lowest BCUT2D eigenvalue weighted by molar-refractivity contribution is -0.0673. The van der Waals surface area contributed by atoms with Crippen molar-refractivity contribution >= 4 is 0 Å². The molecule has 0 aromatic rings. The molecule has 2 heterocycles. The molecule has 0 saturated carbocycles. The summed E-state index contributed by atoms with van der Waals surface area (Å²) < 4.78 is 31.1. The summed E-state index contributed by atoms with van der Waals surface area (Å²) in [6.45, 7) is 1.55. The fourth-order valence-electron chi connectivity index (χ4n) is 2.19. The monoisotopic (exact) mass is 236 g/mol. The molecule has 0 aromatic heterocycles. The van der Waals surface area contributed by atoms with E-state index in [9.17, 15) is 13.9 Å². The van der Waals surface area contributed by atoms with E-state index in [0.717, 1.165) is 0 Å². The molecule has 2 aliphatic heterocycles. The van der Waals surface area contributed by atoms with Gasteiger partial charge in [-0.25, -0.2) is 8.78 Å². The quantitative estimate of drug-likeness (QED) is 0.697. The molecule has 6 heteroatoms. The van der Waals surface area contributed by atoms with Crippen molar-refractivity contribution in [1.82, 2.24) is 4.90 Å². The Morgan fingerprint density at radius 3 is 2.50 bits per heavy atom. The third-order valence-electron chi connectivity index (χ3n) is 3.35. The summed E-state index contributed by atoms with van der Waals surface area (Å²) in [6, 6.07) is -0.351. The molecule has 0 bridgehead atoms. The Morgan fingerprint density at radius 2 is 2.00 bits per heavy atom. The second-order valence-electron chi connectivity index (χ2n) is 4.68. The van der Waals surface area contributed by atoms with Crippen LogP contribution in [-0.4, -0.2) is 60.4 Å². The van der Waals surface area contributed by atoms with Gasteiger partial charge in [0.2, 0.25) is 0 Å². The third kappa shape index (κ3) is 2.68. The average Bonchev–Trinajstić information content (AvgIpc) is 2.53. The Kier molecular flexibility index (Phi) is 3.44. The number of nitrogens with zero attached hydrogens (tertiary/aromatic N) is 1. The van der Waals surface area contributed by atoms with Crippen LogP contribution in [0.3, 0.4) is 0 Å². The highest BCUT2D eigenvalue weighted by atomic mass is 19.3. The smallest absolute Gasteiger partial charge is 0.250 e. The minimum absolute atomic E-state index is 0.109. The van der Waals surface area contributed by atoms with E-state index in [2.05, 4.69) is 0 Å². The van der Waals surface area contributed by atoms with Crippen LogP contribution < -0.4 is 5.73 Å². The first-order valence-electron chi connectivity index (χ1n) is 5.63. The number of alkyl halides is 2. The molecule has 0 radical (unpaired) electrons. The second kappa shape index (κ2) is 4.52. The van der Waals surface area contributed by atoms with Gasteiger partial charge in [-0.1, -0.05) is 0 Å². The summed E-state index contributed by atoms with van der Waals surface area (Å²) in [5, 5.41) is 9.67. The van der Waals surface area contributed by atoms with Crippen molar-refractivity contribution in [3.8, 4) is 0 Å². The van der Waals surface area contributed by atoms with E-state index in [4.69, 9.17) is 10.5 Å². The third-order valence-corrected chi connectivity index (χ3v) is 3.35. The molecule has 0 spiro atoms. The standard InChI is InChI=1S/C10H18F2N2O2/c11-10(12)1-3-14(4-2-10)5-8-9(15)7(13)6-16-8/h7-9,15H,1-6,13H2/t7-,8-,9+/m0/s1. The van der Waals surface area contributed by atoms with Crippen LogP contribution in [0.2, 0.25) is 0 Å². The molecule has 3 N–H and O–H groups in total. The highest BCUT2D eigenvalue weighted by molar-refractivity contribution is 4.89. The number of aliphatic hydroxyl groups excluding tert-OH is 1. The fraction of sp³-hybridized carbons (Fsp3) is 1.00. The van der Waals surface area contributed by atoms with Crippen molar-refractivity contribution < 1.29 is 18.6 Å². The number of rotatable bonds is 2. The molecule has 2 saturated heterocycles.